The summed E-state index contributed by atoms with van der Waals surface area (Å²) < 4.78 is 18.4. The lowest BCUT2D eigenvalue weighted by Crippen LogP contribution is -2.04. The summed E-state index contributed by atoms with van der Waals surface area (Å²) in [6.07, 6.45) is 0.236. The van der Waals surface area contributed by atoms with E-state index in [4.69, 9.17) is 4.74 Å². The molecule has 0 spiro atoms. The van der Waals surface area contributed by atoms with E-state index in [0.717, 1.165) is 11.1 Å². The number of methoxy groups -OCH3 is 1. The molecule has 0 amide bonds. The van der Waals surface area contributed by atoms with Crippen LogP contribution in [0.1, 0.15) is 21.5 Å². The molecular formula is C16H15FO2. The van der Waals surface area contributed by atoms with Gasteiger partial charge in [0.2, 0.25) is 0 Å². The Morgan fingerprint density at radius 1 is 1.21 bits per heavy atom. The minimum Gasteiger partial charge on any atom is -0.497 e. The van der Waals surface area contributed by atoms with Crippen LogP contribution in [-0.2, 0) is 6.42 Å². The second-order valence-electron chi connectivity index (χ2n) is 4.47. The van der Waals surface area contributed by atoms with Crippen molar-refractivity contribution in [1.82, 2.24) is 0 Å². The third-order valence-corrected chi connectivity index (χ3v) is 2.86. The molecule has 0 unspecified atom stereocenters. The first-order valence-electron chi connectivity index (χ1n) is 6.02. The Hall–Kier alpha value is -2.16. The summed E-state index contributed by atoms with van der Waals surface area (Å²) in [5, 5.41) is 0. The van der Waals surface area contributed by atoms with Gasteiger partial charge in [0, 0.05) is 12.0 Å². The van der Waals surface area contributed by atoms with Crippen molar-refractivity contribution in [1.29, 1.82) is 0 Å². The smallest absolute Gasteiger partial charge is 0.167 e. The Morgan fingerprint density at radius 2 is 2.00 bits per heavy atom. The van der Waals surface area contributed by atoms with E-state index in [1.54, 1.807) is 20.1 Å². The van der Waals surface area contributed by atoms with Crippen molar-refractivity contribution in [3.8, 4) is 5.75 Å². The summed E-state index contributed by atoms with van der Waals surface area (Å²) in [6.45, 7) is 1.77. The van der Waals surface area contributed by atoms with Gasteiger partial charge in [-0.1, -0.05) is 12.1 Å². The molecule has 2 nitrogen and oxygen atoms in total. The van der Waals surface area contributed by atoms with E-state index in [-0.39, 0.29) is 18.0 Å². The van der Waals surface area contributed by atoms with Crippen LogP contribution in [-0.4, -0.2) is 12.9 Å². The predicted molar refractivity (Wildman–Crippen MR) is 72.2 cm³/mol. The van der Waals surface area contributed by atoms with Crippen LogP contribution < -0.4 is 4.74 Å². The average Bonchev–Trinajstić information content (AvgIpc) is 2.37. The molecule has 0 aliphatic heterocycles. The Morgan fingerprint density at radius 3 is 2.68 bits per heavy atom. The van der Waals surface area contributed by atoms with Crippen LogP contribution >= 0.6 is 0 Å². The van der Waals surface area contributed by atoms with E-state index >= 15 is 0 Å². The van der Waals surface area contributed by atoms with Gasteiger partial charge in [0.1, 0.15) is 11.6 Å². The van der Waals surface area contributed by atoms with Crippen LogP contribution in [0.15, 0.2) is 42.5 Å². The summed E-state index contributed by atoms with van der Waals surface area (Å²) in [7, 11) is 1.58. The van der Waals surface area contributed by atoms with Crippen LogP contribution in [0.4, 0.5) is 4.39 Å². The highest BCUT2D eigenvalue weighted by Crippen LogP contribution is 2.16. The summed E-state index contributed by atoms with van der Waals surface area (Å²) >= 11 is 0. The van der Waals surface area contributed by atoms with Crippen LogP contribution in [0.2, 0.25) is 0 Å². The lowest BCUT2D eigenvalue weighted by atomic mass is 10.0. The summed E-state index contributed by atoms with van der Waals surface area (Å²) in [5.41, 5.74) is 2.00. The number of hydrogen-bond donors (Lipinski definition) is 0. The second-order valence-corrected chi connectivity index (χ2v) is 4.47. The van der Waals surface area contributed by atoms with Crippen molar-refractivity contribution in [3.63, 3.8) is 0 Å². The molecule has 0 aliphatic rings. The molecular weight excluding hydrogens is 243 g/mol. The van der Waals surface area contributed by atoms with Crippen LogP contribution in [0.3, 0.4) is 0 Å². The number of carbonyl (C=O) groups excluding carboxylic acids is 1. The molecule has 0 heterocycles. The Labute approximate surface area is 111 Å². The molecule has 0 saturated heterocycles. The van der Waals surface area contributed by atoms with E-state index in [2.05, 4.69) is 0 Å². The number of carbonyl (C=O) groups is 1. The Balaban J connectivity index is 2.20. The lowest BCUT2D eigenvalue weighted by Gasteiger charge is -2.05. The van der Waals surface area contributed by atoms with Crippen molar-refractivity contribution < 1.29 is 13.9 Å². The maximum absolute atomic E-state index is 13.3. The van der Waals surface area contributed by atoms with E-state index in [0.29, 0.717) is 11.3 Å². The maximum Gasteiger partial charge on any atom is 0.167 e. The van der Waals surface area contributed by atoms with Crippen LogP contribution in [0.25, 0.3) is 0 Å². The number of aryl methyl sites for hydroxylation is 1. The van der Waals surface area contributed by atoms with E-state index in [1.807, 2.05) is 24.3 Å². The molecule has 0 aliphatic carbocycles. The first-order chi connectivity index (χ1) is 9.08. The largest absolute Gasteiger partial charge is 0.497 e. The molecule has 0 bridgehead atoms. The van der Waals surface area contributed by atoms with Crippen molar-refractivity contribution in [2.75, 3.05) is 7.11 Å². The monoisotopic (exact) mass is 258 g/mol. The first-order valence-corrected chi connectivity index (χ1v) is 6.02. The van der Waals surface area contributed by atoms with Crippen molar-refractivity contribution in [2.45, 2.75) is 13.3 Å². The number of halogens is 1. The molecule has 3 heteroatoms. The van der Waals surface area contributed by atoms with Gasteiger partial charge in [0.15, 0.2) is 5.78 Å². The zero-order valence-electron chi connectivity index (χ0n) is 10.9. The molecule has 0 atom stereocenters. The third-order valence-electron chi connectivity index (χ3n) is 2.86. The lowest BCUT2D eigenvalue weighted by molar-refractivity contribution is 0.0992. The van der Waals surface area contributed by atoms with Gasteiger partial charge in [0.05, 0.1) is 7.11 Å². The van der Waals surface area contributed by atoms with Gasteiger partial charge < -0.3 is 4.74 Å². The molecule has 0 fully saturated rings. The molecule has 0 saturated carbocycles. The molecule has 98 valence electrons. The molecule has 0 aromatic heterocycles. The highest BCUT2D eigenvalue weighted by Gasteiger charge is 2.09. The number of hydrogen-bond acceptors (Lipinski definition) is 2. The molecule has 0 radical (unpaired) electrons. The molecule has 2 aromatic rings. The molecule has 0 N–H and O–H groups in total. The molecule has 2 rings (SSSR count). The Bertz CT molecular complexity index is 585. The number of ketones is 1. The predicted octanol–water partition coefficient (Wildman–Crippen LogP) is 3.57. The van der Waals surface area contributed by atoms with E-state index < -0.39 is 0 Å². The standard InChI is InChI=1S/C16H15FO2/c1-11-6-13(10-14(17)7-11)16(18)9-12-4-3-5-15(8-12)19-2/h3-8,10H,9H2,1-2H3. The fourth-order valence-corrected chi connectivity index (χ4v) is 1.97. The van der Waals surface area contributed by atoms with Crippen molar-refractivity contribution >= 4 is 5.78 Å². The summed E-state index contributed by atoms with van der Waals surface area (Å²) in [5.74, 6) is 0.227. The van der Waals surface area contributed by atoms with Gasteiger partial charge in [-0.3, -0.25) is 4.79 Å². The highest BCUT2D eigenvalue weighted by atomic mass is 19.1. The maximum atomic E-state index is 13.3. The van der Waals surface area contributed by atoms with E-state index in [9.17, 15) is 9.18 Å². The summed E-state index contributed by atoms with van der Waals surface area (Å²) in [4.78, 5) is 12.1. The quantitative estimate of drug-likeness (QED) is 0.784. The Kier molecular flexibility index (Phi) is 3.95. The van der Waals surface area contributed by atoms with Crippen molar-refractivity contribution in [2.24, 2.45) is 0 Å². The molecule has 2 aromatic carbocycles. The SMILES string of the molecule is COc1cccc(CC(=O)c2cc(C)cc(F)c2)c1. The zero-order chi connectivity index (χ0) is 13.8. The minimum absolute atomic E-state index is 0.101. The first kappa shape index (κ1) is 13.3. The van der Waals surface area contributed by atoms with Gasteiger partial charge in [-0.2, -0.15) is 0 Å². The number of Topliss-reactive ketones (excluding diaryl/α,β-unsaturated/α-hetero) is 1. The highest BCUT2D eigenvalue weighted by molar-refractivity contribution is 5.97. The number of ether oxygens (including phenoxy) is 1. The number of benzene rings is 2. The topological polar surface area (TPSA) is 26.3 Å². The van der Waals surface area contributed by atoms with Crippen LogP contribution in [0, 0.1) is 12.7 Å². The fourth-order valence-electron chi connectivity index (χ4n) is 1.97. The van der Waals surface area contributed by atoms with Gasteiger partial charge in [-0.05, 0) is 48.4 Å². The van der Waals surface area contributed by atoms with Gasteiger partial charge in [-0.25, -0.2) is 4.39 Å². The van der Waals surface area contributed by atoms with Gasteiger partial charge in [-0.15, -0.1) is 0 Å². The normalized spacial score (nSPS) is 10.3. The summed E-state index contributed by atoms with van der Waals surface area (Å²) in [6, 6.07) is 11.7. The van der Waals surface area contributed by atoms with Gasteiger partial charge in [0.25, 0.3) is 0 Å². The second kappa shape index (κ2) is 5.65. The van der Waals surface area contributed by atoms with E-state index in [1.165, 1.54) is 12.1 Å². The number of rotatable bonds is 4. The zero-order valence-corrected chi connectivity index (χ0v) is 10.9. The average molecular weight is 258 g/mol. The van der Waals surface area contributed by atoms with Gasteiger partial charge >= 0.3 is 0 Å². The fraction of sp³-hybridized carbons (Fsp3) is 0.188. The third kappa shape index (κ3) is 3.41. The van der Waals surface area contributed by atoms with Crippen molar-refractivity contribution in [3.05, 3.63) is 65.0 Å². The molecule has 19 heavy (non-hydrogen) atoms. The minimum atomic E-state index is -0.381. The van der Waals surface area contributed by atoms with Crippen LogP contribution in [0.5, 0.6) is 5.75 Å².